The molecule has 0 bridgehead atoms. The molecule has 3 nitrogen and oxygen atoms in total. The van der Waals surface area contributed by atoms with E-state index in [2.05, 4.69) is 5.32 Å². The largest absolute Gasteiger partial charge is 0.416 e. The molecule has 2 rings (SSSR count). The highest BCUT2D eigenvalue weighted by atomic mass is 35.5. The predicted octanol–water partition coefficient (Wildman–Crippen LogP) is 2.20. The molecular weight excluding hydrogens is 312 g/mol. The Bertz CT molecular complexity index is 464. The van der Waals surface area contributed by atoms with Gasteiger partial charge in [-0.25, -0.2) is 4.39 Å². The van der Waals surface area contributed by atoms with E-state index in [-0.39, 0.29) is 18.0 Å². The maximum Gasteiger partial charge on any atom is 0.416 e. The minimum Gasteiger partial charge on any atom is -0.394 e. The van der Waals surface area contributed by atoms with Gasteiger partial charge in [-0.3, -0.25) is 4.90 Å². The Labute approximate surface area is 126 Å². The fourth-order valence-electron chi connectivity index (χ4n) is 2.47. The van der Waals surface area contributed by atoms with Gasteiger partial charge in [0.15, 0.2) is 0 Å². The number of piperazine rings is 1. The van der Waals surface area contributed by atoms with E-state index in [4.69, 9.17) is 0 Å². The van der Waals surface area contributed by atoms with Gasteiger partial charge in [0.2, 0.25) is 0 Å². The number of halogens is 5. The Morgan fingerprint density at radius 2 is 1.86 bits per heavy atom. The van der Waals surface area contributed by atoms with Gasteiger partial charge in [-0.1, -0.05) is 6.07 Å². The Hall–Kier alpha value is -0.890. The number of hydrogen-bond acceptors (Lipinski definition) is 3. The summed E-state index contributed by atoms with van der Waals surface area (Å²) < 4.78 is 52.1. The second kappa shape index (κ2) is 7.40. The van der Waals surface area contributed by atoms with E-state index in [0.29, 0.717) is 32.2 Å². The van der Waals surface area contributed by atoms with Crippen LogP contribution in [0.5, 0.6) is 0 Å². The molecule has 1 fully saturated rings. The molecule has 8 heteroatoms. The molecule has 1 heterocycles. The molecule has 0 spiro atoms. The topological polar surface area (TPSA) is 35.5 Å². The number of nitrogens with one attached hydrogen (secondary N) is 1. The second-order valence-corrected chi connectivity index (χ2v) is 4.71. The number of aliphatic hydroxyl groups is 1. The smallest absolute Gasteiger partial charge is 0.394 e. The van der Waals surface area contributed by atoms with Crippen LogP contribution in [0, 0.1) is 5.82 Å². The highest BCUT2D eigenvalue weighted by Crippen LogP contribution is 2.36. The molecule has 0 saturated carbocycles. The lowest BCUT2D eigenvalue weighted by Gasteiger charge is -2.35. The van der Waals surface area contributed by atoms with Crippen LogP contribution in [0.25, 0.3) is 0 Å². The molecule has 0 amide bonds. The standard InChI is InChI=1S/C13H16F4N2O.ClH/c14-9-1-2-10(11(7-9)13(15,16)17)12(8-20)19-5-3-18-4-6-19;/h1-2,7,12,18,20H,3-6,8H2;1H/t12-;/m0./s1. The summed E-state index contributed by atoms with van der Waals surface area (Å²) in [5, 5.41) is 12.6. The molecule has 1 aromatic carbocycles. The van der Waals surface area contributed by atoms with Crippen molar-refractivity contribution < 1.29 is 22.7 Å². The zero-order valence-corrected chi connectivity index (χ0v) is 12.0. The van der Waals surface area contributed by atoms with E-state index in [9.17, 15) is 22.7 Å². The molecule has 1 atom stereocenters. The summed E-state index contributed by atoms with van der Waals surface area (Å²) in [5.74, 6) is -0.932. The van der Waals surface area contributed by atoms with Crippen LogP contribution < -0.4 is 5.32 Å². The highest BCUT2D eigenvalue weighted by molar-refractivity contribution is 5.85. The number of rotatable bonds is 3. The molecule has 0 aliphatic carbocycles. The Kier molecular flexibility index (Phi) is 6.40. The summed E-state index contributed by atoms with van der Waals surface area (Å²) in [7, 11) is 0. The van der Waals surface area contributed by atoms with E-state index in [0.717, 1.165) is 12.1 Å². The van der Waals surface area contributed by atoms with Gasteiger partial charge in [-0.15, -0.1) is 12.4 Å². The SMILES string of the molecule is Cl.OC[C@@H](c1ccc(F)cc1C(F)(F)F)N1CCNCC1. The van der Waals surface area contributed by atoms with Gasteiger partial charge in [0.05, 0.1) is 18.2 Å². The van der Waals surface area contributed by atoms with Crippen molar-refractivity contribution in [3.05, 3.63) is 35.1 Å². The summed E-state index contributed by atoms with van der Waals surface area (Å²) in [6.45, 7) is 1.95. The van der Waals surface area contributed by atoms with Crippen molar-refractivity contribution in [2.45, 2.75) is 12.2 Å². The summed E-state index contributed by atoms with van der Waals surface area (Å²) in [4.78, 5) is 1.78. The van der Waals surface area contributed by atoms with Crippen molar-refractivity contribution in [1.29, 1.82) is 0 Å². The molecular formula is C13H17ClF4N2O. The summed E-state index contributed by atoms with van der Waals surface area (Å²) in [6.07, 6.45) is -4.64. The minimum atomic E-state index is -4.64. The van der Waals surface area contributed by atoms with Crippen LogP contribution in [-0.4, -0.2) is 42.8 Å². The lowest BCUT2D eigenvalue weighted by molar-refractivity contribution is -0.139. The first-order valence-corrected chi connectivity index (χ1v) is 6.35. The van der Waals surface area contributed by atoms with Crippen molar-refractivity contribution >= 4 is 12.4 Å². The molecule has 0 radical (unpaired) electrons. The summed E-state index contributed by atoms with van der Waals surface area (Å²) >= 11 is 0. The average molecular weight is 329 g/mol. The third-order valence-corrected chi connectivity index (χ3v) is 3.45. The first-order chi connectivity index (χ1) is 9.43. The quantitative estimate of drug-likeness (QED) is 0.835. The normalized spacial score (nSPS) is 18.1. The molecule has 1 saturated heterocycles. The van der Waals surface area contributed by atoms with Crippen LogP contribution in [0.15, 0.2) is 18.2 Å². The fraction of sp³-hybridized carbons (Fsp3) is 0.538. The molecule has 1 aromatic rings. The van der Waals surface area contributed by atoms with Gasteiger partial charge in [0.1, 0.15) is 5.82 Å². The van der Waals surface area contributed by atoms with Crippen molar-refractivity contribution in [3.63, 3.8) is 0 Å². The lowest BCUT2D eigenvalue weighted by Crippen LogP contribution is -2.46. The first-order valence-electron chi connectivity index (χ1n) is 6.35. The monoisotopic (exact) mass is 328 g/mol. The molecule has 0 aromatic heterocycles. The predicted molar refractivity (Wildman–Crippen MR) is 72.9 cm³/mol. The van der Waals surface area contributed by atoms with Gasteiger partial charge in [0, 0.05) is 26.2 Å². The zero-order chi connectivity index (χ0) is 14.8. The maximum absolute atomic E-state index is 13.1. The molecule has 0 unspecified atom stereocenters. The highest BCUT2D eigenvalue weighted by Gasteiger charge is 2.37. The average Bonchev–Trinajstić information content (AvgIpc) is 2.41. The number of nitrogens with zero attached hydrogens (tertiary/aromatic N) is 1. The van der Waals surface area contributed by atoms with Gasteiger partial charge in [0.25, 0.3) is 0 Å². The van der Waals surface area contributed by atoms with Crippen LogP contribution in [-0.2, 0) is 6.18 Å². The minimum absolute atomic E-state index is 0. The zero-order valence-electron chi connectivity index (χ0n) is 11.2. The van der Waals surface area contributed by atoms with Gasteiger partial charge < -0.3 is 10.4 Å². The first kappa shape index (κ1) is 18.2. The van der Waals surface area contributed by atoms with Gasteiger partial charge in [-0.2, -0.15) is 13.2 Å². The summed E-state index contributed by atoms with van der Waals surface area (Å²) in [5.41, 5.74) is -1.10. The van der Waals surface area contributed by atoms with Gasteiger partial charge in [-0.05, 0) is 17.7 Å². The van der Waals surface area contributed by atoms with Crippen LogP contribution in [0.2, 0.25) is 0 Å². The van der Waals surface area contributed by atoms with Crippen molar-refractivity contribution in [3.8, 4) is 0 Å². The van der Waals surface area contributed by atoms with E-state index < -0.39 is 30.2 Å². The number of benzene rings is 1. The molecule has 120 valence electrons. The van der Waals surface area contributed by atoms with E-state index >= 15 is 0 Å². The van der Waals surface area contributed by atoms with Crippen LogP contribution in [0.3, 0.4) is 0 Å². The second-order valence-electron chi connectivity index (χ2n) is 4.71. The molecule has 21 heavy (non-hydrogen) atoms. The molecule has 2 N–H and O–H groups in total. The van der Waals surface area contributed by atoms with Crippen molar-refractivity contribution in [2.75, 3.05) is 32.8 Å². The van der Waals surface area contributed by atoms with E-state index in [1.165, 1.54) is 0 Å². The summed E-state index contributed by atoms with van der Waals surface area (Å²) in [6, 6.07) is 1.82. The Morgan fingerprint density at radius 3 is 2.38 bits per heavy atom. The number of hydrogen-bond donors (Lipinski definition) is 2. The number of aliphatic hydroxyl groups excluding tert-OH is 1. The van der Waals surface area contributed by atoms with Crippen molar-refractivity contribution in [2.24, 2.45) is 0 Å². The fourth-order valence-corrected chi connectivity index (χ4v) is 2.47. The van der Waals surface area contributed by atoms with Crippen molar-refractivity contribution in [1.82, 2.24) is 10.2 Å². The van der Waals surface area contributed by atoms with Gasteiger partial charge >= 0.3 is 6.18 Å². The Balaban J connectivity index is 0.00000220. The van der Waals surface area contributed by atoms with Crippen LogP contribution in [0.1, 0.15) is 17.2 Å². The lowest BCUT2D eigenvalue weighted by atomic mass is 9.98. The van der Waals surface area contributed by atoms with Crippen LogP contribution in [0.4, 0.5) is 17.6 Å². The van der Waals surface area contributed by atoms with Crippen LogP contribution >= 0.6 is 12.4 Å². The number of alkyl halides is 3. The molecule has 1 aliphatic heterocycles. The Morgan fingerprint density at radius 1 is 1.24 bits per heavy atom. The van der Waals surface area contributed by atoms with E-state index in [1.54, 1.807) is 4.90 Å². The third-order valence-electron chi connectivity index (χ3n) is 3.45. The third kappa shape index (κ3) is 4.29. The van der Waals surface area contributed by atoms with E-state index in [1.807, 2.05) is 0 Å². The maximum atomic E-state index is 13.1. The molecule has 1 aliphatic rings.